The van der Waals surface area contributed by atoms with Gasteiger partial charge in [0.25, 0.3) is 0 Å². The number of hydrogen-bond acceptors (Lipinski definition) is 0. The number of benzene rings is 2. The van der Waals surface area contributed by atoms with E-state index in [4.69, 9.17) is 6.57 Å². The van der Waals surface area contributed by atoms with Crippen molar-refractivity contribution in [1.82, 2.24) is 4.98 Å². The summed E-state index contributed by atoms with van der Waals surface area (Å²) in [5.74, 6) is 0. The maximum absolute atomic E-state index is 7.19. The minimum Gasteiger partial charge on any atom is -0.361 e. The second-order valence-corrected chi connectivity index (χ2v) is 4.28. The normalized spacial score (nSPS) is 10.4. The topological polar surface area (TPSA) is 20.1 Å². The van der Waals surface area contributed by atoms with Crippen molar-refractivity contribution in [1.29, 1.82) is 0 Å². The molecule has 2 nitrogen and oxygen atoms in total. The number of nitrogens with zero attached hydrogens (tertiary/aromatic N) is 1. The van der Waals surface area contributed by atoms with Crippen molar-refractivity contribution < 1.29 is 0 Å². The molecule has 0 spiro atoms. The number of aromatic nitrogens is 1. The van der Waals surface area contributed by atoms with Gasteiger partial charge in [-0.2, -0.15) is 0 Å². The highest BCUT2D eigenvalue weighted by Crippen LogP contribution is 2.25. The Balaban J connectivity index is 2.05. The zero-order valence-electron chi connectivity index (χ0n) is 9.85. The molecule has 1 N–H and O–H groups in total. The van der Waals surface area contributed by atoms with Gasteiger partial charge in [0.1, 0.15) is 0 Å². The van der Waals surface area contributed by atoms with E-state index in [1.807, 2.05) is 42.6 Å². The summed E-state index contributed by atoms with van der Waals surface area (Å²) in [6.45, 7) is 7.19. The van der Waals surface area contributed by atoms with Gasteiger partial charge < -0.3 is 4.98 Å². The molecule has 0 unspecified atom stereocenters. The molecule has 0 amide bonds. The van der Waals surface area contributed by atoms with Crippen molar-refractivity contribution in [3.05, 3.63) is 77.3 Å². The van der Waals surface area contributed by atoms with E-state index >= 15 is 0 Å². The van der Waals surface area contributed by atoms with Crippen LogP contribution < -0.4 is 0 Å². The monoisotopic (exact) mass is 232 g/mol. The van der Waals surface area contributed by atoms with Gasteiger partial charge in [-0.1, -0.05) is 42.5 Å². The number of aromatic amines is 1. The third kappa shape index (κ3) is 1.76. The quantitative estimate of drug-likeness (QED) is 0.635. The van der Waals surface area contributed by atoms with Crippen LogP contribution in [0.25, 0.3) is 15.7 Å². The van der Waals surface area contributed by atoms with Crippen LogP contribution in [0.15, 0.2) is 54.7 Å². The Morgan fingerprint density at radius 1 is 0.944 bits per heavy atom. The van der Waals surface area contributed by atoms with Gasteiger partial charge in [-0.15, -0.1) is 0 Å². The van der Waals surface area contributed by atoms with Crippen LogP contribution in [-0.2, 0) is 6.42 Å². The van der Waals surface area contributed by atoms with E-state index in [9.17, 15) is 0 Å². The van der Waals surface area contributed by atoms with Crippen LogP contribution in [0.4, 0.5) is 5.69 Å². The Morgan fingerprint density at radius 3 is 2.61 bits per heavy atom. The van der Waals surface area contributed by atoms with Crippen molar-refractivity contribution in [3.63, 3.8) is 0 Å². The van der Waals surface area contributed by atoms with E-state index in [0.717, 1.165) is 23.2 Å². The molecule has 3 aromatic rings. The lowest BCUT2D eigenvalue weighted by Gasteiger charge is -2.02. The first-order valence-corrected chi connectivity index (χ1v) is 5.89. The fraction of sp³-hybridized carbons (Fsp3) is 0.0625. The molecule has 0 aliphatic carbocycles. The van der Waals surface area contributed by atoms with E-state index in [1.54, 1.807) is 0 Å². The molecule has 0 fully saturated rings. The molecule has 1 heterocycles. The maximum atomic E-state index is 7.19. The van der Waals surface area contributed by atoms with Crippen LogP contribution in [0, 0.1) is 6.57 Å². The second-order valence-electron chi connectivity index (χ2n) is 4.28. The molecule has 1 aromatic heterocycles. The summed E-state index contributed by atoms with van der Waals surface area (Å²) < 4.78 is 0. The fourth-order valence-corrected chi connectivity index (χ4v) is 2.25. The van der Waals surface area contributed by atoms with E-state index in [-0.39, 0.29) is 0 Å². The van der Waals surface area contributed by atoms with E-state index in [1.165, 1.54) is 10.9 Å². The average Bonchev–Trinajstić information content (AvgIpc) is 2.83. The lowest BCUT2D eigenvalue weighted by atomic mass is 10.0. The molecule has 0 atom stereocenters. The Hall–Kier alpha value is -2.53. The molecular weight excluding hydrogens is 220 g/mol. The minimum absolute atomic E-state index is 0.739. The third-order valence-electron chi connectivity index (χ3n) is 3.17. The van der Waals surface area contributed by atoms with Gasteiger partial charge in [-0.05, 0) is 23.6 Å². The zero-order valence-corrected chi connectivity index (χ0v) is 9.85. The van der Waals surface area contributed by atoms with Crippen LogP contribution in [0.1, 0.15) is 11.1 Å². The maximum Gasteiger partial charge on any atom is 0.190 e. The Labute approximate surface area is 106 Å². The summed E-state index contributed by atoms with van der Waals surface area (Å²) in [7, 11) is 0. The highest BCUT2D eigenvalue weighted by atomic mass is 14.7. The lowest BCUT2D eigenvalue weighted by Crippen LogP contribution is -1.86. The van der Waals surface area contributed by atoms with Gasteiger partial charge in [0.05, 0.1) is 6.57 Å². The first-order valence-electron chi connectivity index (χ1n) is 5.89. The van der Waals surface area contributed by atoms with Gasteiger partial charge >= 0.3 is 0 Å². The molecule has 0 bridgehead atoms. The molecule has 0 saturated heterocycles. The largest absolute Gasteiger partial charge is 0.361 e. The van der Waals surface area contributed by atoms with Crippen molar-refractivity contribution in [2.45, 2.75) is 6.42 Å². The van der Waals surface area contributed by atoms with Gasteiger partial charge in [-0.25, -0.2) is 4.85 Å². The van der Waals surface area contributed by atoms with Crippen molar-refractivity contribution >= 4 is 16.6 Å². The van der Waals surface area contributed by atoms with Crippen LogP contribution in [0.2, 0.25) is 0 Å². The molecule has 86 valence electrons. The van der Waals surface area contributed by atoms with E-state index in [0.29, 0.717) is 0 Å². The summed E-state index contributed by atoms with van der Waals surface area (Å²) in [5, 5.41) is 1.23. The summed E-state index contributed by atoms with van der Waals surface area (Å²) in [6, 6.07) is 16.0. The SMILES string of the molecule is [C-]#[N+]c1ccccc1Cc1c[nH]c2ccccc12. The predicted octanol–water partition coefficient (Wildman–Crippen LogP) is 4.31. The fourth-order valence-electron chi connectivity index (χ4n) is 2.25. The number of nitrogens with one attached hydrogen (secondary N) is 1. The minimum atomic E-state index is 0.739. The smallest absolute Gasteiger partial charge is 0.190 e. The average molecular weight is 232 g/mol. The Morgan fingerprint density at radius 2 is 1.72 bits per heavy atom. The summed E-state index contributed by atoms with van der Waals surface area (Å²) in [5.41, 5.74) is 4.20. The summed E-state index contributed by atoms with van der Waals surface area (Å²) >= 11 is 0. The first-order chi connectivity index (χ1) is 8.88. The van der Waals surface area contributed by atoms with Crippen LogP contribution >= 0.6 is 0 Å². The van der Waals surface area contributed by atoms with Gasteiger partial charge in [0, 0.05) is 17.1 Å². The van der Waals surface area contributed by atoms with Crippen LogP contribution in [0.3, 0.4) is 0 Å². The molecular formula is C16H12N2. The highest BCUT2D eigenvalue weighted by Gasteiger charge is 2.06. The van der Waals surface area contributed by atoms with E-state index < -0.39 is 0 Å². The number of rotatable bonds is 2. The molecule has 3 rings (SSSR count). The van der Waals surface area contributed by atoms with E-state index in [2.05, 4.69) is 22.0 Å². The van der Waals surface area contributed by atoms with Gasteiger partial charge in [-0.3, -0.25) is 0 Å². The van der Waals surface area contributed by atoms with Gasteiger partial charge in [0.15, 0.2) is 5.69 Å². The molecule has 0 radical (unpaired) electrons. The highest BCUT2D eigenvalue weighted by molar-refractivity contribution is 5.83. The molecule has 2 heteroatoms. The Bertz CT molecular complexity index is 732. The molecule has 0 saturated carbocycles. The van der Waals surface area contributed by atoms with Crippen molar-refractivity contribution in [2.75, 3.05) is 0 Å². The number of fused-ring (bicyclic) bond motifs is 1. The predicted molar refractivity (Wildman–Crippen MR) is 73.8 cm³/mol. The lowest BCUT2D eigenvalue weighted by molar-refractivity contribution is 1.21. The Kier molecular flexibility index (Phi) is 2.59. The molecule has 0 aliphatic rings. The number of para-hydroxylation sites is 2. The summed E-state index contributed by atoms with van der Waals surface area (Å²) in [4.78, 5) is 6.84. The molecule has 0 aliphatic heterocycles. The molecule has 2 aromatic carbocycles. The zero-order chi connectivity index (χ0) is 12.4. The van der Waals surface area contributed by atoms with Crippen LogP contribution in [-0.4, -0.2) is 4.98 Å². The van der Waals surface area contributed by atoms with Gasteiger partial charge in [0.2, 0.25) is 0 Å². The van der Waals surface area contributed by atoms with Crippen molar-refractivity contribution in [2.24, 2.45) is 0 Å². The number of hydrogen-bond donors (Lipinski definition) is 1. The standard InChI is InChI=1S/C16H12N2/c1-17-15-8-4-2-6-12(15)10-13-11-18-16-9-5-3-7-14(13)16/h2-9,11,18H,10H2. The molecule has 18 heavy (non-hydrogen) atoms. The third-order valence-corrected chi connectivity index (χ3v) is 3.17. The second kappa shape index (κ2) is 4.38. The summed E-state index contributed by atoms with van der Waals surface area (Å²) in [6.07, 6.45) is 2.83. The first kappa shape index (κ1) is 10.6. The van der Waals surface area contributed by atoms with Crippen molar-refractivity contribution in [3.8, 4) is 0 Å². The number of H-pyrrole nitrogens is 1. The van der Waals surface area contributed by atoms with Crippen LogP contribution in [0.5, 0.6) is 0 Å².